The van der Waals surface area contributed by atoms with Crippen molar-refractivity contribution in [2.24, 2.45) is 0 Å². The molecule has 2 N–H and O–H groups in total. The van der Waals surface area contributed by atoms with Crippen LogP contribution in [-0.4, -0.2) is 13.4 Å². The highest BCUT2D eigenvalue weighted by Crippen LogP contribution is 2.29. The molecule has 2 rings (SSSR count). The number of anilines is 1. The topological polar surface area (TPSA) is 52.3 Å². The summed E-state index contributed by atoms with van der Waals surface area (Å²) in [6.07, 6.45) is 0.766. The number of carbonyl (C=O) groups excluding carboxylic acids is 1. The molecule has 0 spiro atoms. The van der Waals surface area contributed by atoms with Gasteiger partial charge in [-0.05, 0) is 23.8 Å². The number of ether oxygens (including phenoxy) is 1. The molecule has 0 saturated carbocycles. The minimum Gasteiger partial charge on any atom is -0.497 e. The first kappa shape index (κ1) is 11.2. The van der Waals surface area contributed by atoms with Gasteiger partial charge in [-0.1, -0.05) is 24.3 Å². The van der Waals surface area contributed by atoms with Gasteiger partial charge in [0, 0.05) is 16.8 Å². The first-order valence-corrected chi connectivity index (χ1v) is 5.24. The fourth-order valence-corrected chi connectivity index (χ4v) is 1.71. The lowest BCUT2D eigenvalue weighted by Crippen LogP contribution is -1.95. The number of hydrogen-bond acceptors (Lipinski definition) is 3. The Labute approximate surface area is 99.8 Å². The van der Waals surface area contributed by atoms with Crippen molar-refractivity contribution in [1.82, 2.24) is 0 Å². The van der Waals surface area contributed by atoms with Crippen LogP contribution in [0.5, 0.6) is 5.75 Å². The van der Waals surface area contributed by atoms with E-state index in [9.17, 15) is 4.79 Å². The Morgan fingerprint density at radius 3 is 2.41 bits per heavy atom. The lowest BCUT2D eigenvalue weighted by molar-refractivity contribution is 0.112. The van der Waals surface area contributed by atoms with Gasteiger partial charge in [0.05, 0.1) is 7.11 Å². The zero-order valence-electron chi connectivity index (χ0n) is 9.51. The van der Waals surface area contributed by atoms with Crippen molar-refractivity contribution >= 4 is 12.0 Å². The molecular formula is C14H13NO2. The summed E-state index contributed by atoms with van der Waals surface area (Å²) in [5, 5.41) is 0. The summed E-state index contributed by atoms with van der Waals surface area (Å²) in [6.45, 7) is 0. The zero-order chi connectivity index (χ0) is 12.3. The number of methoxy groups -OCH3 is 1. The van der Waals surface area contributed by atoms with Crippen LogP contribution < -0.4 is 10.5 Å². The third kappa shape index (κ3) is 2.13. The van der Waals surface area contributed by atoms with Gasteiger partial charge < -0.3 is 10.5 Å². The first-order valence-electron chi connectivity index (χ1n) is 5.24. The van der Waals surface area contributed by atoms with Crippen molar-refractivity contribution in [3.63, 3.8) is 0 Å². The lowest BCUT2D eigenvalue weighted by Gasteiger charge is -2.08. The third-order valence-electron chi connectivity index (χ3n) is 2.67. The minimum atomic E-state index is 0.507. The second-order valence-corrected chi connectivity index (χ2v) is 3.65. The number of carbonyl (C=O) groups is 1. The monoisotopic (exact) mass is 227 g/mol. The number of rotatable bonds is 3. The molecule has 3 nitrogen and oxygen atoms in total. The Morgan fingerprint density at radius 2 is 1.82 bits per heavy atom. The summed E-state index contributed by atoms with van der Waals surface area (Å²) in [6, 6.07) is 13.0. The van der Waals surface area contributed by atoms with E-state index in [1.54, 1.807) is 13.2 Å². The van der Waals surface area contributed by atoms with E-state index in [0.717, 1.165) is 23.2 Å². The Bertz CT molecular complexity index is 532. The maximum absolute atomic E-state index is 10.8. The van der Waals surface area contributed by atoms with E-state index in [0.29, 0.717) is 11.3 Å². The molecule has 0 amide bonds. The summed E-state index contributed by atoms with van der Waals surface area (Å²) in [4.78, 5) is 10.8. The van der Waals surface area contributed by atoms with Crippen molar-refractivity contribution < 1.29 is 9.53 Å². The van der Waals surface area contributed by atoms with Crippen LogP contribution >= 0.6 is 0 Å². The molecule has 86 valence electrons. The Balaban J connectivity index is 2.48. The van der Waals surface area contributed by atoms with Gasteiger partial charge in [-0.15, -0.1) is 0 Å². The number of nitrogen functional groups attached to an aromatic ring is 1. The number of nitrogens with two attached hydrogens (primary N) is 1. The molecule has 2 aromatic rings. The Morgan fingerprint density at radius 1 is 1.12 bits per heavy atom. The number of benzene rings is 2. The summed E-state index contributed by atoms with van der Waals surface area (Å²) in [5.41, 5.74) is 8.78. The summed E-state index contributed by atoms with van der Waals surface area (Å²) < 4.78 is 5.09. The van der Waals surface area contributed by atoms with Crippen LogP contribution in [0.2, 0.25) is 0 Å². The van der Waals surface area contributed by atoms with E-state index in [1.807, 2.05) is 36.4 Å². The minimum absolute atomic E-state index is 0.507. The second kappa shape index (κ2) is 4.70. The Hall–Kier alpha value is -2.29. The summed E-state index contributed by atoms with van der Waals surface area (Å²) >= 11 is 0. The third-order valence-corrected chi connectivity index (χ3v) is 2.67. The van der Waals surface area contributed by atoms with Crippen LogP contribution in [0.3, 0.4) is 0 Å². The molecular weight excluding hydrogens is 214 g/mol. The van der Waals surface area contributed by atoms with Crippen LogP contribution in [0.4, 0.5) is 5.69 Å². The van der Waals surface area contributed by atoms with Crippen molar-refractivity contribution in [3.05, 3.63) is 48.0 Å². The average molecular weight is 227 g/mol. The highest BCUT2D eigenvalue weighted by Gasteiger charge is 2.06. The molecule has 0 aliphatic carbocycles. The van der Waals surface area contributed by atoms with Gasteiger partial charge in [0.15, 0.2) is 6.29 Å². The summed E-state index contributed by atoms with van der Waals surface area (Å²) in [5.74, 6) is 0.791. The van der Waals surface area contributed by atoms with Gasteiger partial charge in [0.2, 0.25) is 0 Å². The average Bonchev–Trinajstić information content (AvgIpc) is 2.39. The van der Waals surface area contributed by atoms with Crippen LogP contribution in [0.25, 0.3) is 11.1 Å². The molecule has 0 heterocycles. The maximum atomic E-state index is 10.8. The lowest BCUT2D eigenvalue weighted by atomic mass is 10.0. The van der Waals surface area contributed by atoms with E-state index in [1.165, 1.54) is 0 Å². The largest absolute Gasteiger partial charge is 0.497 e. The van der Waals surface area contributed by atoms with Crippen LogP contribution in [0, 0.1) is 0 Å². The standard InChI is InChI=1S/C14H13NO2/c1-17-12-7-5-10(6-8-12)13-4-2-3-11(9-16)14(13)15/h2-9H,15H2,1H3. The molecule has 0 aromatic heterocycles. The van der Waals surface area contributed by atoms with Crippen molar-refractivity contribution in [2.45, 2.75) is 0 Å². The van der Waals surface area contributed by atoms with Gasteiger partial charge in [-0.2, -0.15) is 0 Å². The van der Waals surface area contributed by atoms with Crippen molar-refractivity contribution in [2.75, 3.05) is 12.8 Å². The quantitative estimate of drug-likeness (QED) is 0.648. The normalized spacial score (nSPS) is 9.94. The number of hydrogen-bond donors (Lipinski definition) is 1. The highest BCUT2D eigenvalue weighted by molar-refractivity contribution is 5.91. The van der Waals surface area contributed by atoms with Gasteiger partial charge in [-0.25, -0.2) is 0 Å². The van der Waals surface area contributed by atoms with Crippen LogP contribution in [0.1, 0.15) is 10.4 Å². The maximum Gasteiger partial charge on any atom is 0.152 e. The molecule has 0 aliphatic rings. The molecule has 17 heavy (non-hydrogen) atoms. The number of aldehydes is 1. The van der Waals surface area contributed by atoms with E-state index < -0.39 is 0 Å². The molecule has 0 saturated heterocycles. The highest BCUT2D eigenvalue weighted by atomic mass is 16.5. The molecule has 0 radical (unpaired) electrons. The molecule has 2 aromatic carbocycles. The second-order valence-electron chi connectivity index (χ2n) is 3.65. The van der Waals surface area contributed by atoms with E-state index in [-0.39, 0.29) is 0 Å². The zero-order valence-corrected chi connectivity index (χ0v) is 9.51. The van der Waals surface area contributed by atoms with E-state index in [2.05, 4.69) is 0 Å². The van der Waals surface area contributed by atoms with Crippen LogP contribution in [0.15, 0.2) is 42.5 Å². The molecule has 0 fully saturated rings. The van der Waals surface area contributed by atoms with Gasteiger partial charge in [0.1, 0.15) is 5.75 Å². The smallest absolute Gasteiger partial charge is 0.152 e. The first-order chi connectivity index (χ1) is 8.26. The van der Waals surface area contributed by atoms with Crippen molar-refractivity contribution in [3.8, 4) is 16.9 Å². The fraction of sp³-hybridized carbons (Fsp3) is 0.0714. The summed E-state index contributed by atoms with van der Waals surface area (Å²) in [7, 11) is 1.62. The van der Waals surface area contributed by atoms with Gasteiger partial charge in [-0.3, -0.25) is 4.79 Å². The van der Waals surface area contributed by atoms with Crippen LogP contribution in [-0.2, 0) is 0 Å². The molecule has 0 unspecified atom stereocenters. The number of para-hydroxylation sites is 1. The molecule has 0 atom stereocenters. The predicted octanol–water partition coefficient (Wildman–Crippen LogP) is 2.76. The molecule has 0 aliphatic heterocycles. The molecule has 0 bridgehead atoms. The van der Waals surface area contributed by atoms with E-state index >= 15 is 0 Å². The van der Waals surface area contributed by atoms with Gasteiger partial charge in [0.25, 0.3) is 0 Å². The SMILES string of the molecule is COc1ccc(-c2cccc(C=O)c2N)cc1. The van der Waals surface area contributed by atoms with E-state index in [4.69, 9.17) is 10.5 Å². The Kier molecular flexibility index (Phi) is 3.10. The molecule has 3 heteroatoms. The predicted molar refractivity (Wildman–Crippen MR) is 68.2 cm³/mol. The fourth-order valence-electron chi connectivity index (χ4n) is 1.71. The van der Waals surface area contributed by atoms with Gasteiger partial charge >= 0.3 is 0 Å². The van der Waals surface area contributed by atoms with Crippen molar-refractivity contribution in [1.29, 1.82) is 0 Å².